The Kier molecular flexibility index (Phi) is 4.14. The number of aliphatic hydroxyl groups is 1. The molecule has 0 fully saturated rings. The van der Waals surface area contributed by atoms with Crippen molar-refractivity contribution in [2.75, 3.05) is 19.8 Å². The molecule has 0 saturated heterocycles. The van der Waals surface area contributed by atoms with E-state index < -0.39 is 11.4 Å². The van der Waals surface area contributed by atoms with E-state index in [0.717, 1.165) is 4.57 Å². The van der Waals surface area contributed by atoms with Crippen LogP contribution < -0.4 is 11.4 Å². The van der Waals surface area contributed by atoms with E-state index >= 15 is 0 Å². The zero-order valence-electron chi connectivity index (χ0n) is 7.65. The van der Waals surface area contributed by atoms with E-state index in [1.54, 1.807) is 0 Å². The highest BCUT2D eigenvalue weighted by atomic mass is 16.5. The molecule has 1 rings (SSSR count). The average Bonchev–Trinajstić information content (AvgIpc) is 2.48. The molecule has 0 aliphatic rings. The normalized spacial score (nSPS) is 10.6. The Labute approximate surface area is 79.3 Å². The first-order chi connectivity index (χ1) is 6.75. The summed E-state index contributed by atoms with van der Waals surface area (Å²) in [7, 11) is 0. The zero-order chi connectivity index (χ0) is 10.4. The molecule has 1 aromatic heterocycles. The maximum Gasteiger partial charge on any atom is 0.344 e. The summed E-state index contributed by atoms with van der Waals surface area (Å²) >= 11 is 0. The van der Waals surface area contributed by atoms with Crippen molar-refractivity contribution in [1.29, 1.82) is 0 Å². The summed E-state index contributed by atoms with van der Waals surface area (Å²) in [4.78, 5) is 21.9. The zero-order valence-corrected chi connectivity index (χ0v) is 7.65. The van der Waals surface area contributed by atoms with Crippen LogP contribution in [0.1, 0.15) is 6.42 Å². The number of nitrogens with zero attached hydrogens (tertiary/aromatic N) is 1. The lowest BCUT2D eigenvalue weighted by Gasteiger charge is -2.00. The Morgan fingerprint density at radius 3 is 2.43 bits per heavy atom. The lowest BCUT2D eigenvalue weighted by molar-refractivity contribution is 0.0885. The Bertz CT molecular complexity index is 336. The predicted octanol–water partition coefficient (Wildman–Crippen LogP) is -1.74. The van der Waals surface area contributed by atoms with E-state index in [2.05, 4.69) is 10.2 Å². The Balaban J connectivity index is 2.32. The molecule has 7 heteroatoms. The smallest absolute Gasteiger partial charge is 0.344 e. The molecule has 0 amide bonds. The number of rotatable bonds is 6. The number of H-pyrrole nitrogens is 2. The molecular formula is C7H13N3O4. The summed E-state index contributed by atoms with van der Waals surface area (Å²) in [5.41, 5.74) is -0.894. The highest BCUT2D eigenvalue weighted by molar-refractivity contribution is 4.64. The number of hydrogen-bond acceptors (Lipinski definition) is 4. The van der Waals surface area contributed by atoms with Crippen molar-refractivity contribution in [2.24, 2.45) is 0 Å². The first-order valence-corrected chi connectivity index (χ1v) is 4.32. The Morgan fingerprint density at radius 2 is 1.86 bits per heavy atom. The van der Waals surface area contributed by atoms with Crippen molar-refractivity contribution >= 4 is 0 Å². The average molecular weight is 203 g/mol. The molecule has 80 valence electrons. The SMILES string of the molecule is O=c1[nH][nH]c(=O)n1CCCOCCO. The largest absolute Gasteiger partial charge is 0.394 e. The Hall–Kier alpha value is -1.34. The lowest BCUT2D eigenvalue weighted by atomic mass is 10.4. The van der Waals surface area contributed by atoms with E-state index in [9.17, 15) is 9.59 Å². The van der Waals surface area contributed by atoms with Crippen molar-refractivity contribution in [2.45, 2.75) is 13.0 Å². The molecule has 1 aromatic rings. The molecule has 0 atom stereocenters. The van der Waals surface area contributed by atoms with Crippen LogP contribution in [0, 0.1) is 0 Å². The molecule has 0 unspecified atom stereocenters. The molecule has 3 N–H and O–H groups in total. The van der Waals surface area contributed by atoms with Crippen LogP contribution in [0.4, 0.5) is 0 Å². The fourth-order valence-electron chi connectivity index (χ4n) is 1.03. The van der Waals surface area contributed by atoms with Gasteiger partial charge in [0.05, 0.1) is 13.2 Å². The summed E-state index contributed by atoms with van der Waals surface area (Å²) in [5, 5.41) is 12.8. The monoisotopic (exact) mass is 203 g/mol. The molecule has 0 spiro atoms. The predicted molar refractivity (Wildman–Crippen MR) is 48.2 cm³/mol. The van der Waals surface area contributed by atoms with Gasteiger partial charge in [0.1, 0.15) is 0 Å². The van der Waals surface area contributed by atoms with Gasteiger partial charge in [0, 0.05) is 13.2 Å². The van der Waals surface area contributed by atoms with Gasteiger partial charge in [0.15, 0.2) is 0 Å². The topological polar surface area (TPSA) is 100 Å². The van der Waals surface area contributed by atoms with Gasteiger partial charge in [-0.25, -0.2) is 24.4 Å². The molecule has 0 aromatic carbocycles. The van der Waals surface area contributed by atoms with Gasteiger partial charge in [-0.2, -0.15) is 0 Å². The van der Waals surface area contributed by atoms with Crippen LogP contribution in [-0.2, 0) is 11.3 Å². The van der Waals surface area contributed by atoms with Crippen LogP contribution in [0.3, 0.4) is 0 Å². The quantitative estimate of drug-likeness (QED) is 0.478. The fraction of sp³-hybridized carbons (Fsp3) is 0.714. The summed E-state index contributed by atoms with van der Waals surface area (Å²) in [6.07, 6.45) is 0.556. The van der Waals surface area contributed by atoms with E-state index in [1.807, 2.05) is 0 Å². The maximum atomic E-state index is 11.0. The van der Waals surface area contributed by atoms with Crippen LogP contribution >= 0.6 is 0 Å². The van der Waals surface area contributed by atoms with Gasteiger partial charge in [-0.3, -0.25) is 0 Å². The van der Waals surface area contributed by atoms with Gasteiger partial charge < -0.3 is 9.84 Å². The fourth-order valence-corrected chi connectivity index (χ4v) is 1.03. The molecule has 0 bridgehead atoms. The summed E-state index contributed by atoms with van der Waals surface area (Å²) in [6, 6.07) is 0. The van der Waals surface area contributed by atoms with Crippen LogP contribution in [0.25, 0.3) is 0 Å². The van der Waals surface area contributed by atoms with E-state index in [1.165, 1.54) is 0 Å². The van der Waals surface area contributed by atoms with Gasteiger partial charge in [-0.05, 0) is 6.42 Å². The number of aromatic amines is 2. The third-order valence-electron chi connectivity index (χ3n) is 1.67. The van der Waals surface area contributed by atoms with Crippen LogP contribution in [0.5, 0.6) is 0 Å². The number of hydrogen-bond donors (Lipinski definition) is 3. The van der Waals surface area contributed by atoms with Crippen molar-refractivity contribution < 1.29 is 9.84 Å². The van der Waals surface area contributed by atoms with Crippen LogP contribution in [0.2, 0.25) is 0 Å². The van der Waals surface area contributed by atoms with Crippen molar-refractivity contribution in [1.82, 2.24) is 14.8 Å². The second kappa shape index (κ2) is 5.40. The van der Waals surface area contributed by atoms with E-state index in [4.69, 9.17) is 9.84 Å². The number of nitrogens with one attached hydrogen (secondary N) is 2. The molecule has 14 heavy (non-hydrogen) atoms. The second-order valence-corrected chi connectivity index (χ2v) is 2.70. The summed E-state index contributed by atoms with van der Waals surface area (Å²) in [6.45, 7) is 0.976. The first kappa shape index (κ1) is 10.7. The standard InChI is InChI=1S/C7H13N3O4/c11-3-5-14-4-1-2-10-6(12)8-9-7(10)13/h11H,1-5H2,(H,8,12)(H,9,13). The second-order valence-electron chi connectivity index (χ2n) is 2.70. The highest BCUT2D eigenvalue weighted by Crippen LogP contribution is 1.84. The minimum Gasteiger partial charge on any atom is -0.394 e. The van der Waals surface area contributed by atoms with Crippen molar-refractivity contribution in [3.05, 3.63) is 21.0 Å². The molecule has 1 heterocycles. The van der Waals surface area contributed by atoms with Gasteiger partial charge in [0.25, 0.3) is 0 Å². The highest BCUT2D eigenvalue weighted by Gasteiger charge is 2.01. The summed E-state index contributed by atoms with van der Waals surface area (Å²) in [5.74, 6) is 0. The van der Waals surface area contributed by atoms with Gasteiger partial charge >= 0.3 is 11.4 Å². The van der Waals surface area contributed by atoms with Crippen molar-refractivity contribution in [3.63, 3.8) is 0 Å². The lowest BCUT2D eigenvalue weighted by Crippen LogP contribution is -2.27. The van der Waals surface area contributed by atoms with Crippen LogP contribution in [0.15, 0.2) is 9.59 Å². The molecular weight excluding hydrogens is 190 g/mol. The number of ether oxygens (including phenoxy) is 1. The molecule has 0 saturated carbocycles. The van der Waals surface area contributed by atoms with Gasteiger partial charge in [0.2, 0.25) is 0 Å². The van der Waals surface area contributed by atoms with Crippen LogP contribution in [-0.4, -0.2) is 39.7 Å². The van der Waals surface area contributed by atoms with Gasteiger partial charge in [-0.15, -0.1) is 0 Å². The van der Waals surface area contributed by atoms with E-state index in [-0.39, 0.29) is 13.2 Å². The molecule has 0 aliphatic carbocycles. The van der Waals surface area contributed by atoms with E-state index in [0.29, 0.717) is 19.6 Å². The minimum atomic E-state index is -0.447. The maximum absolute atomic E-state index is 11.0. The molecule has 7 nitrogen and oxygen atoms in total. The molecule has 0 radical (unpaired) electrons. The number of aromatic nitrogens is 3. The Morgan fingerprint density at radius 1 is 1.21 bits per heavy atom. The number of aliphatic hydroxyl groups excluding tert-OH is 1. The molecule has 0 aliphatic heterocycles. The van der Waals surface area contributed by atoms with Crippen molar-refractivity contribution in [3.8, 4) is 0 Å². The first-order valence-electron chi connectivity index (χ1n) is 4.32. The van der Waals surface area contributed by atoms with Gasteiger partial charge in [-0.1, -0.05) is 0 Å². The third-order valence-corrected chi connectivity index (χ3v) is 1.67. The third kappa shape index (κ3) is 2.86. The minimum absolute atomic E-state index is 0.0231. The summed E-state index contributed by atoms with van der Waals surface area (Å²) < 4.78 is 6.03.